The van der Waals surface area contributed by atoms with E-state index in [1.165, 1.54) is 14.2 Å². The van der Waals surface area contributed by atoms with Crippen molar-refractivity contribution in [3.05, 3.63) is 89.8 Å². The van der Waals surface area contributed by atoms with Gasteiger partial charge in [0.2, 0.25) is 11.8 Å². The summed E-state index contributed by atoms with van der Waals surface area (Å²) in [7, 11) is 2.64. The van der Waals surface area contributed by atoms with Crippen LogP contribution in [0.15, 0.2) is 72.2 Å². The van der Waals surface area contributed by atoms with E-state index in [1.54, 1.807) is 18.6 Å². The first-order valence-corrected chi connectivity index (χ1v) is 19.5. The van der Waals surface area contributed by atoms with Crippen LogP contribution in [0.3, 0.4) is 0 Å². The lowest BCUT2D eigenvalue weighted by Crippen LogP contribution is -2.53. The fourth-order valence-electron chi connectivity index (χ4n) is 8.57. The first kappa shape index (κ1) is 37.7. The van der Waals surface area contributed by atoms with E-state index in [-0.39, 0.29) is 42.2 Å². The number of methoxy groups -OCH3 is 2. The Kier molecular flexibility index (Phi) is 10.4. The van der Waals surface area contributed by atoms with Crippen molar-refractivity contribution in [1.29, 1.82) is 0 Å². The predicted molar refractivity (Wildman–Crippen MR) is 213 cm³/mol. The molecule has 14 nitrogen and oxygen atoms in total. The lowest BCUT2D eigenvalue weighted by atomic mass is 9.95. The number of H-pyrrole nitrogens is 1. The SMILES string of the molecule is COC(=O)C[C@H]1CCc2cccc3c2N(C1=O)[C@H](c1ncc(-c2cnc(-c4ccc(C5=CN=C([C@@H]6CCCN6C(=O)[C@@H](NC(=O)OC)C(C)C)C5)cc4)nc2)[nH]1)C3. The molecule has 8 rings (SSSR count). The first-order valence-electron chi connectivity index (χ1n) is 19.5. The maximum Gasteiger partial charge on any atom is 0.407 e. The smallest absolute Gasteiger partial charge is 0.407 e. The monoisotopic (exact) mass is 770 g/mol. The zero-order valence-corrected chi connectivity index (χ0v) is 32.5. The summed E-state index contributed by atoms with van der Waals surface area (Å²) in [5, 5.41) is 2.71. The van der Waals surface area contributed by atoms with Crippen molar-refractivity contribution in [2.75, 3.05) is 25.7 Å². The Balaban J connectivity index is 0.923. The van der Waals surface area contributed by atoms with Gasteiger partial charge in [0.15, 0.2) is 5.82 Å². The summed E-state index contributed by atoms with van der Waals surface area (Å²) in [5.74, 6) is 0.0914. The third-order valence-corrected chi connectivity index (χ3v) is 11.6. The number of ether oxygens (including phenoxy) is 2. The number of aromatic nitrogens is 4. The van der Waals surface area contributed by atoms with Gasteiger partial charge in [-0.3, -0.25) is 19.4 Å². The highest BCUT2D eigenvalue weighted by molar-refractivity contribution is 6.04. The van der Waals surface area contributed by atoms with Gasteiger partial charge in [-0.15, -0.1) is 0 Å². The van der Waals surface area contributed by atoms with Crippen LogP contribution in [-0.2, 0) is 36.7 Å². The Morgan fingerprint density at radius 3 is 2.40 bits per heavy atom. The van der Waals surface area contributed by atoms with Crippen LogP contribution < -0.4 is 10.2 Å². The van der Waals surface area contributed by atoms with Crippen molar-refractivity contribution in [2.24, 2.45) is 16.8 Å². The van der Waals surface area contributed by atoms with Crippen molar-refractivity contribution in [3.63, 3.8) is 0 Å². The largest absolute Gasteiger partial charge is 0.469 e. The molecular weight excluding hydrogens is 725 g/mol. The number of nitrogens with zero attached hydrogens (tertiary/aromatic N) is 6. The third-order valence-electron chi connectivity index (χ3n) is 11.6. The molecule has 3 amide bonds. The van der Waals surface area contributed by atoms with Crippen LogP contribution in [0.2, 0.25) is 0 Å². The number of aromatic amines is 1. The van der Waals surface area contributed by atoms with Crippen molar-refractivity contribution >= 4 is 40.8 Å². The number of amides is 3. The Morgan fingerprint density at radius 2 is 1.67 bits per heavy atom. The van der Waals surface area contributed by atoms with Crippen LogP contribution in [0.5, 0.6) is 0 Å². The molecule has 1 fully saturated rings. The number of anilines is 1. The molecule has 2 aromatic heterocycles. The number of aliphatic imine (C=N–C) groups is 1. The Morgan fingerprint density at radius 1 is 0.912 bits per heavy atom. The number of para-hydroxylation sites is 1. The highest BCUT2D eigenvalue weighted by Gasteiger charge is 2.43. The van der Waals surface area contributed by atoms with E-state index in [2.05, 4.69) is 32.4 Å². The molecule has 0 radical (unpaired) electrons. The van der Waals surface area contributed by atoms with Gasteiger partial charge in [0.25, 0.3) is 0 Å². The number of likely N-dealkylation sites (tertiary alicyclic amines) is 1. The van der Waals surface area contributed by atoms with Crippen LogP contribution in [0.1, 0.15) is 74.5 Å². The Labute approximate surface area is 330 Å². The first-order chi connectivity index (χ1) is 27.6. The summed E-state index contributed by atoms with van der Waals surface area (Å²) in [6.07, 6.45) is 10.8. The number of imidazole rings is 1. The van der Waals surface area contributed by atoms with Gasteiger partial charge in [-0.05, 0) is 53.9 Å². The van der Waals surface area contributed by atoms with E-state index in [0.717, 1.165) is 63.3 Å². The number of alkyl carbamates (subject to hydrolysis) is 1. The molecule has 4 aliphatic heterocycles. The summed E-state index contributed by atoms with van der Waals surface area (Å²) in [6.45, 7) is 4.44. The minimum absolute atomic E-state index is 0.0481. The maximum absolute atomic E-state index is 14.0. The quantitative estimate of drug-likeness (QED) is 0.188. The van der Waals surface area contributed by atoms with Gasteiger partial charge >= 0.3 is 12.1 Å². The number of carbonyl (C=O) groups is 4. The van der Waals surface area contributed by atoms with Gasteiger partial charge in [-0.25, -0.2) is 19.7 Å². The number of benzene rings is 2. The minimum Gasteiger partial charge on any atom is -0.469 e. The zero-order valence-electron chi connectivity index (χ0n) is 32.5. The van der Waals surface area contributed by atoms with E-state index in [9.17, 15) is 19.2 Å². The minimum atomic E-state index is -0.673. The lowest BCUT2D eigenvalue weighted by Gasteiger charge is -2.31. The molecule has 4 aliphatic rings. The Bertz CT molecular complexity index is 2260. The zero-order chi connectivity index (χ0) is 39.8. The molecule has 2 aromatic carbocycles. The van der Waals surface area contributed by atoms with Crippen LogP contribution in [0, 0.1) is 11.8 Å². The molecule has 4 atom stereocenters. The average molecular weight is 771 g/mol. The average Bonchev–Trinajstić information content (AvgIpc) is 4.06. The molecule has 57 heavy (non-hydrogen) atoms. The summed E-state index contributed by atoms with van der Waals surface area (Å²) in [4.78, 5) is 77.6. The van der Waals surface area contributed by atoms with E-state index in [0.29, 0.717) is 43.9 Å². The summed E-state index contributed by atoms with van der Waals surface area (Å²) >= 11 is 0. The maximum atomic E-state index is 14.0. The fourth-order valence-corrected chi connectivity index (χ4v) is 8.57. The summed E-state index contributed by atoms with van der Waals surface area (Å²) in [5.41, 5.74) is 8.55. The van der Waals surface area contributed by atoms with Crippen molar-refractivity contribution in [2.45, 2.75) is 76.9 Å². The van der Waals surface area contributed by atoms with Crippen molar-refractivity contribution in [1.82, 2.24) is 30.2 Å². The highest BCUT2D eigenvalue weighted by Crippen LogP contribution is 2.46. The van der Waals surface area contributed by atoms with Gasteiger partial charge in [0.1, 0.15) is 11.9 Å². The number of rotatable bonds is 10. The summed E-state index contributed by atoms with van der Waals surface area (Å²) in [6, 6.07) is 13.1. The van der Waals surface area contributed by atoms with Gasteiger partial charge in [0, 0.05) is 60.7 Å². The molecule has 2 N–H and O–H groups in total. The topological polar surface area (TPSA) is 172 Å². The number of aryl methyl sites for hydroxylation is 1. The molecule has 0 unspecified atom stereocenters. The number of hydrogen-bond acceptors (Lipinski definition) is 10. The molecular formula is C43H46N8O6. The van der Waals surface area contributed by atoms with E-state index in [1.807, 2.05) is 60.2 Å². The van der Waals surface area contributed by atoms with E-state index >= 15 is 0 Å². The number of allylic oxidation sites excluding steroid dienone is 1. The molecule has 294 valence electrons. The van der Waals surface area contributed by atoms with Crippen LogP contribution in [-0.4, -0.2) is 87.3 Å². The normalized spacial score (nSPS) is 20.5. The fraction of sp³-hybridized carbons (Fsp3) is 0.395. The second kappa shape index (κ2) is 15.8. The third kappa shape index (κ3) is 7.31. The van der Waals surface area contributed by atoms with Crippen molar-refractivity contribution in [3.8, 4) is 22.6 Å². The molecule has 0 spiro atoms. The Hall–Kier alpha value is -6.18. The van der Waals surface area contributed by atoms with Gasteiger partial charge in [-0.2, -0.15) is 0 Å². The lowest BCUT2D eigenvalue weighted by molar-refractivity contribution is -0.144. The molecule has 0 aliphatic carbocycles. The summed E-state index contributed by atoms with van der Waals surface area (Å²) < 4.78 is 9.67. The predicted octanol–water partition coefficient (Wildman–Crippen LogP) is 5.85. The second-order valence-electron chi connectivity index (χ2n) is 15.4. The molecule has 4 aromatic rings. The number of nitrogens with one attached hydrogen (secondary N) is 2. The molecule has 6 heterocycles. The second-order valence-corrected chi connectivity index (χ2v) is 15.4. The molecule has 0 saturated carbocycles. The molecule has 14 heteroatoms. The van der Waals surface area contributed by atoms with Crippen LogP contribution in [0.4, 0.5) is 10.5 Å². The standard InChI is InChI=1S/C43H46N8O6/c1-24(2)37(49-43(55)57-4)42(54)50-16-6-9-34(50)32-17-30(20-44-32)25-10-13-27(14-11-25)39-45-21-31(22-46-39)33-23-47-40(48-33)35-18-28-8-5-7-26-12-15-29(19-36(52)56-3)41(53)51(35)38(26)28/h5,7-8,10-11,13-14,20-24,29,34-35,37H,6,9,12,15-19H2,1-4H3,(H,47,48)(H,49,55)/t29-,34+,35+,37+/m1/s1. The van der Waals surface area contributed by atoms with Gasteiger partial charge in [-0.1, -0.05) is 56.3 Å². The number of hydrogen-bond donors (Lipinski definition) is 2. The van der Waals surface area contributed by atoms with Crippen molar-refractivity contribution < 1.29 is 28.7 Å². The number of esters is 1. The highest BCUT2D eigenvalue weighted by atomic mass is 16.5. The van der Waals surface area contributed by atoms with Gasteiger partial charge in [0.05, 0.1) is 50.3 Å². The van der Waals surface area contributed by atoms with Crippen LogP contribution >= 0.6 is 0 Å². The van der Waals surface area contributed by atoms with Gasteiger partial charge < -0.3 is 29.6 Å². The van der Waals surface area contributed by atoms with Crippen LogP contribution in [0.25, 0.3) is 28.2 Å². The van der Waals surface area contributed by atoms with E-state index < -0.39 is 18.1 Å². The molecule has 1 saturated heterocycles. The number of carbonyl (C=O) groups excluding carboxylic acids is 4. The molecule has 0 bridgehead atoms. The van der Waals surface area contributed by atoms with E-state index in [4.69, 9.17) is 19.5 Å².